The van der Waals surface area contributed by atoms with Crippen LogP contribution in [0.3, 0.4) is 0 Å². The van der Waals surface area contributed by atoms with Crippen molar-refractivity contribution in [2.75, 3.05) is 25.2 Å². The fourth-order valence-electron chi connectivity index (χ4n) is 4.18. The molecule has 1 aromatic carbocycles. The third-order valence-electron chi connectivity index (χ3n) is 6.19. The molecule has 0 saturated carbocycles. The Morgan fingerprint density at radius 1 is 1.32 bits per heavy atom. The first-order valence-electron chi connectivity index (χ1n) is 10.3. The van der Waals surface area contributed by atoms with E-state index in [0.717, 1.165) is 4.90 Å². The normalized spacial score (nSPS) is 25.9. The van der Waals surface area contributed by atoms with E-state index in [4.69, 9.17) is 4.74 Å². The first kappa shape index (κ1) is 23.1. The predicted octanol–water partition coefficient (Wildman–Crippen LogP) is 1.28. The molecule has 3 unspecified atom stereocenters. The maximum absolute atomic E-state index is 13.2. The largest absolute Gasteiger partial charge is 0.497 e. The van der Waals surface area contributed by atoms with Crippen LogP contribution < -0.4 is 10.1 Å². The molecule has 0 aromatic heterocycles. The SMILES string of the molecule is CCC(C)N(C(=O)CN1C(=O)NC(C)(c2ccc(OC)cc2)C1=O)C1CCS(=O)(=O)C1. The van der Waals surface area contributed by atoms with Gasteiger partial charge in [-0.25, -0.2) is 13.2 Å². The van der Waals surface area contributed by atoms with Crippen molar-refractivity contribution >= 4 is 27.7 Å². The zero-order chi connectivity index (χ0) is 23.0. The Kier molecular flexibility index (Phi) is 6.31. The molecule has 0 spiro atoms. The van der Waals surface area contributed by atoms with Crippen LogP contribution in [0.25, 0.3) is 0 Å². The summed E-state index contributed by atoms with van der Waals surface area (Å²) in [5.74, 6) is -0.395. The van der Waals surface area contributed by atoms with Crippen molar-refractivity contribution < 1.29 is 27.5 Å². The van der Waals surface area contributed by atoms with Crippen LogP contribution in [0, 0.1) is 0 Å². The van der Waals surface area contributed by atoms with E-state index in [2.05, 4.69) is 5.32 Å². The molecular weight excluding hydrogens is 422 g/mol. The van der Waals surface area contributed by atoms with Crippen LogP contribution in [-0.4, -0.2) is 73.3 Å². The number of rotatable bonds is 7. The number of hydrogen-bond donors (Lipinski definition) is 1. The lowest BCUT2D eigenvalue weighted by Gasteiger charge is -2.34. The fraction of sp³-hybridized carbons (Fsp3) is 0.571. The Balaban J connectivity index is 1.81. The van der Waals surface area contributed by atoms with E-state index < -0.39 is 45.8 Å². The lowest BCUT2D eigenvalue weighted by Crippen LogP contribution is -2.51. The molecule has 2 aliphatic heterocycles. The number of nitrogens with one attached hydrogen (secondary N) is 1. The summed E-state index contributed by atoms with van der Waals surface area (Å²) in [7, 11) is -1.66. The van der Waals surface area contributed by atoms with Crippen molar-refractivity contribution in [3.63, 3.8) is 0 Å². The summed E-state index contributed by atoms with van der Waals surface area (Å²) in [6.07, 6.45) is 0.994. The summed E-state index contributed by atoms with van der Waals surface area (Å²) in [5.41, 5.74) is -0.732. The van der Waals surface area contributed by atoms with Crippen molar-refractivity contribution in [3.8, 4) is 5.75 Å². The van der Waals surface area contributed by atoms with Gasteiger partial charge in [0.25, 0.3) is 5.91 Å². The summed E-state index contributed by atoms with van der Waals surface area (Å²) >= 11 is 0. The number of imide groups is 1. The van der Waals surface area contributed by atoms with Crippen LogP contribution >= 0.6 is 0 Å². The van der Waals surface area contributed by atoms with Gasteiger partial charge in [-0.3, -0.25) is 14.5 Å². The molecule has 1 N–H and O–H groups in total. The molecule has 2 saturated heterocycles. The van der Waals surface area contributed by atoms with E-state index in [1.807, 2.05) is 13.8 Å². The Hall–Kier alpha value is -2.62. The molecule has 3 atom stereocenters. The van der Waals surface area contributed by atoms with Crippen LogP contribution in [-0.2, 0) is 25.0 Å². The highest BCUT2D eigenvalue weighted by molar-refractivity contribution is 7.91. The van der Waals surface area contributed by atoms with Gasteiger partial charge in [0.05, 0.1) is 18.6 Å². The smallest absolute Gasteiger partial charge is 0.325 e. The third kappa shape index (κ3) is 4.39. The van der Waals surface area contributed by atoms with E-state index in [1.54, 1.807) is 31.2 Å². The molecule has 4 amide bonds. The van der Waals surface area contributed by atoms with Crippen LogP contribution in [0.15, 0.2) is 24.3 Å². The molecular formula is C21H29N3O6S. The molecule has 0 bridgehead atoms. The van der Waals surface area contributed by atoms with Gasteiger partial charge in [-0.05, 0) is 44.4 Å². The van der Waals surface area contributed by atoms with Gasteiger partial charge in [-0.1, -0.05) is 19.1 Å². The number of hydrogen-bond acceptors (Lipinski definition) is 6. The summed E-state index contributed by atoms with van der Waals surface area (Å²) in [5, 5.41) is 2.68. The van der Waals surface area contributed by atoms with E-state index in [9.17, 15) is 22.8 Å². The van der Waals surface area contributed by atoms with Crippen LogP contribution in [0.5, 0.6) is 5.75 Å². The number of nitrogens with zero attached hydrogens (tertiary/aromatic N) is 2. The first-order valence-corrected chi connectivity index (χ1v) is 12.1. The van der Waals surface area contributed by atoms with Crippen LogP contribution in [0.1, 0.15) is 39.2 Å². The highest BCUT2D eigenvalue weighted by atomic mass is 32.2. The first-order chi connectivity index (χ1) is 14.5. The fourth-order valence-corrected chi connectivity index (χ4v) is 5.89. The van der Waals surface area contributed by atoms with Crippen molar-refractivity contribution in [2.45, 2.75) is 51.2 Å². The molecule has 10 heteroatoms. The second-order valence-electron chi connectivity index (χ2n) is 8.29. The minimum absolute atomic E-state index is 0.0382. The van der Waals surface area contributed by atoms with Gasteiger partial charge in [-0.2, -0.15) is 0 Å². The molecule has 170 valence electrons. The van der Waals surface area contributed by atoms with Crippen molar-refractivity contribution in [3.05, 3.63) is 29.8 Å². The molecule has 0 aliphatic carbocycles. The Bertz CT molecular complexity index is 977. The number of amides is 4. The van der Waals surface area contributed by atoms with Gasteiger partial charge in [0.15, 0.2) is 9.84 Å². The van der Waals surface area contributed by atoms with Crippen molar-refractivity contribution in [1.82, 2.24) is 15.1 Å². The average Bonchev–Trinajstić information content (AvgIpc) is 3.19. The van der Waals surface area contributed by atoms with Crippen LogP contribution in [0.2, 0.25) is 0 Å². The zero-order valence-corrected chi connectivity index (χ0v) is 19.1. The van der Waals surface area contributed by atoms with E-state index in [-0.39, 0.29) is 17.5 Å². The maximum atomic E-state index is 13.2. The zero-order valence-electron chi connectivity index (χ0n) is 18.3. The van der Waals surface area contributed by atoms with Crippen molar-refractivity contribution in [2.24, 2.45) is 0 Å². The molecule has 3 rings (SSSR count). The Labute approximate surface area is 182 Å². The highest BCUT2D eigenvalue weighted by Gasteiger charge is 2.50. The van der Waals surface area contributed by atoms with Gasteiger partial charge in [0.2, 0.25) is 5.91 Å². The second-order valence-corrected chi connectivity index (χ2v) is 10.5. The third-order valence-corrected chi connectivity index (χ3v) is 7.94. The Morgan fingerprint density at radius 3 is 2.48 bits per heavy atom. The number of ether oxygens (including phenoxy) is 1. The van der Waals surface area contributed by atoms with E-state index in [1.165, 1.54) is 12.0 Å². The molecule has 2 aliphatic rings. The van der Waals surface area contributed by atoms with Crippen LogP contribution in [0.4, 0.5) is 4.79 Å². The number of methoxy groups -OCH3 is 1. The Morgan fingerprint density at radius 2 is 1.97 bits per heavy atom. The monoisotopic (exact) mass is 451 g/mol. The average molecular weight is 452 g/mol. The molecule has 2 heterocycles. The maximum Gasteiger partial charge on any atom is 0.325 e. The van der Waals surface area contributed by atoms with Gasteiger partial charge in [-0.15, -0.1) is 0 Å². The molecule has 1 aromatic rings. The summed E-state index contributed by atoms with van der Waals surface area (Å²) in [6, 6.07) is 5.47. The van der Waals surface area contributed by atoms with E-state index in [0.29, 0.717) is 24.2 Å². The van der Waals surface area contributed by atoms with Gasteiger partial charge in [0, 0.05) is 12.1 Å². The molecule has 2 fully saturated rings. The number of urea groups is 1. The standard InChI is InChI=1S/C21H29N3O6S/c1-5-14(2)24(16-10-11-31(28,29)13-16)18(25)12-23-19(26)21(3,22-20(23)27)15-6-8-17(30-4)9-7-15/h6-9,14,16H,5,10-13H2,1-4H3,(H,22,27). The molecule has 0 radical (unpaired) electrons. The topological polar surface area (TPSA) is 113 Å². The number of carbonyl (C=O) groups is 3. The van der Waals surface area contributed by atoms with Gasteiger partial charge in [0.1, 0.15) is 17.8 Å². The summed E-state index contributed by atoms with van der Waals surface area (Å²) in [4.78, 5) is 41.4. The minimum Gasteiger partial charge on any atom is -0.497 e. The second kappa shape index (κ2) is 8.49. The molecule has 9 nitrogen and oxygen atoms in total. The summed E-state index contributed by atoms with van der Waals surface area (Å²) < 4.78 is 29.0. The van der Waals surface area contributed by atoms with Crippen molar-refractivity contribution in [1.29, 1.82) is 0 Å². The van der Waals surface area contributed by atoms with Gasteiger partial charge < -0.3 is 15.0 Å². The molecule has 31 heavy (non-hydrogen) atoms. The summed E-state index contributed by atoms with van der Waals surface area (Å²) in [6.45, 7) is 4.91. The predicted molar refractivity (Wildman–Crippen MR) is 114 cm³/mol. The number of carbonyl (C=O) groups excluding carboxylic acids is 3. The highest BCUT2D eigenvalue weighted by Crippen LogP contribution is 2.30. The number of benzene rings is 1. The lowest BCUT2D eigenvalue weighted by atomic mass is 9.92. The van der Waals surface area contributed by atoms with Gasteiger partial charge >= 0.3 is 6.03 Å². The minimum atomic E-state index is -3.19. The van der Waals surface area contributed by atoms with E-state index >= 15 is 0 Å². The number of sulfone groups is 1. The lowest BCUT2D eigenvalue weighted by molar-refractivity contribution is -0.141. The quantitative estimate of drug-likeness (QED) is 0.625.